The molecule has 2 aromatic carbocycles. The molecule has 0 saturated carbocycles. The van der Waals surface area contributed by atoms with Crippen LogP contribution in [0.15, 0.2) is 60.7 Å². The third-order valence-electron chi connectivity index (χ3n) is 3.72. The predicted molar refractivity (Wildman–Crippen MR) is 88.0 cm³/mol. The summed E-state index contributed by atoms with van der Waals surface area (Å²) in [5.41, 5.74) is 7.55. The van der Waals surface area contributed by atoms with E-state index < -0.39 is 17.9 Å². The fourth-order valence-corrected chi connectivity index (χ4v) is 2.58. The van der Waals surface area contributed by atoms with Crippen LogP contribution >= 0.6 is 0 Å². The molecule has 0 aliphatic carbocycles. The van der Waals surface area contributed by atoms with Gasteiger partial charge in [0, 0.05) is 5.92 Å². The minimum Gasteiger partial charge on any atom is -0.480 e. The van der Waals surface area contributed by atoms with E-state index in [1.807, 2.05) is 60.7 Å². The number of benzene rings is 2. The third-order valence-corrected chi connectivity index (χ3v) is 3.72. The van der Waals surface area contributed by atoms with Crippen molar-refractivity contribution in [1.82, 2.24) is 5.32 Å². The first-order valence-electron chi connectivity index (χ1n) is 7.42. The van der Waals surface area contributed by atoms with E-state index in [1.165, 1.54) is 0 Å². The molecule has 0 aliphatic rings. The Bertz CT molecular complexity index is 604. The molecule has 1 unspecified atom stereocenters. The van der Waals surface area contributed by atoms with Crippen molar-refractivity contribution in [3.8, 4) is 0 Å². The smallest absolute Gasteiger partial charge is 0.317 e. The number of hydrogen-bond donors (Lipinski definition) is 3. The topological polar surface area (TPSA) is 92.4 Å². The van der Waals surface area contributed by atoms with Gasteiger partial charge in [-0.25, -0.2) is 0 Å². The first kappa shape index (κ1) is 16.7. The summed E-state index contributed by atoms with van der Waals surface area (Å²) in [6.07, 6.45) is 0.399. The Labute approximate surface area is 135 Å². The molecule has 0 heterocycles. The summed E-state index contributed by atoms with van der Waals surface area (Å²) in [5, 5.41) is 11.5. The van der Waals surface area contributed by atoms with E-state index in [9.17, 15) is 9.59 Å². The Morgan fingerprint density at radius 1 is 0.957 bits per heavy atom. The Morgan fingerprint density at radius 3 is 1.83 bits per heavy atom. The molecular weight excluding hydrogens is 292 g/mol. The molecule has 5 nitrogen and oxygen atoms in total. The lowest BCUT2D eigenvalue weighted by Crippen LogP contribution is -2.44. The zero-order valence-corrected chi connectivity index (χ0v) is 12.7. The highest BCUT2D eigenvalue weighted by Crippen LogP contribution is 2.29. The van der Waals surface area contributed by atoms with Gasteiger partial charge in [0.1, 0.15) is 0 Å². The lowest BCUT2D eigenvalue weighted by Gasteiger charge is -2.23. The number of aliphatic carboxylic acids is 1. The van der Waals surface area contributed by atoms with Gasteiger partial charge in [0.2, 0.25) is 5.91 Å². The molecule has 0 aromatic heterocycles. The summed E-state index contributed by atoms with van der Waals surface area (Å²) in [5.74, 6) is -1.62. The molecule has 2 rings (SSSR count). The van der Waals surface area contributed by atoms with Crippen molar-refractivity contribution >= 4 is 11.9 Å². The first-order valence-corrected chi connectivity index (χ1v) is 7.42. The van der Waals surface area contributed by atoms with Crippen molar-refractivity contribution < 1.29 is 14.7 Å². The maximum absolute atomic E-state index is 11.7. The Balaban J connectivity index is 2.26. The third kappa shape index (κ3) is 4.93. The van der Waals surface area contributed by atoms with E-state index in [-0.39, 0.29) is 12.5 Å². The van der Waals surface area contributed by atoms with Gasteiger partial charge in [-0.2, -0.15) is 0 Å². The van der Waals surface area contributed by atoms with Crippen LogP contribution in [0.3, 0.4) is 0 Å². The average Bonchev–Trinajstić information content (AvgIpc) is 2.56. The number of carboxylic acids is 1. The number of carbonyl (C=O) groups excluding carboxylic acids is 1. The molecular formula is C18H20N2O3. The number of primary amides is 1. The monoisotopic (exact) mass is 312 g/mol. The van der Waals surface area contributed by atoms with E-state index >= 15 is 0 Å². The summed E-state index contributed by atoms with van der Waals surface area (Å²) in [6, 6.07) is 18.9. The average molecular weight is 312 g/mol. The van der Waals surface area contributed by atoms with Gasteiger partial charge in [0.25, 0.3) is 0 Å². The van der Waals surface area contributed by atoms with Gasteiger partial charge in [0.15, 0.2) is 0 Å². The van der Waals surface area contributed by atoms with Crippen LogP contribution in [0.4, 0.5) is 0 Å². The molecule has 0 aliphatic heterocycles. The second kappa shape index (κ2) is 8.10. The van der Waals surface area contributed by atoms with Crippen molar-refractivity contribution in [2.24, 2.45) is 5.73 Å². The molecule has 2 aromatic rings. The Morgan fingerprint density at radius 2 is 1.43 bits per heavy atom. The van der Waals surface area contributed by atoms with Gasteiger partial charge in [-0.05, 0) is 17.5 Å². The van der Waals surface area contributed by atoms with Crippen molar-refractivity contribution in [3.63, 3.8) is 0 Å². The number of rotatable bonds is 8. The van der Waals surface area contributed by atoms with Crippen molar-refractivity contribution in [2.75, 3.05) is 6.54 Å². The fraction of sp³-hybridized carbons (Fsp3) is 0.222. The van der Waals surface area contributed by atoms with E-state index in [4.69, 9.17) is 10.8 Å². The first-order chi connectivity index (χ1) is 11.1. The van der Waals surface area contributed by atoms with Crippen LogP contribution in [0, 0.1) is 0 Å². The van der Waals surface area contributed by atoms with Gasteiger partial charge in [-0.3, -0.25) is 14.9 Å². The summed E-state index contributed by atoms with van der Waals surface area (Å²) in [7, 11) is 0. The number of hydrogen-bond acceptors (Lipinski definition) is 3. The van der Waals surface area contributed by atoms with Gasteiger partial charge in [-0.15, -0.1) is 0 Å². The van der Waals surface area contributed by atoms with Gasteiger partial charge in [0.05, 0.1) is 12.6 Å². The highest BCUT2D eigenvalue weighted by molar-refractivity contribution is 5.81. The van der Waals surface area contributed by atoms with Gasteiger partial charge >= 0.3 is 5.97 Å². The molecule has 0 bridgehead atoms. The van der Waals surface area contributed by atoms with Crippen LogP contribution in [0.5, 0.6) is 0 Å². The Kier molecular flexibility index (Phi) is 5.88. The van der Waals surface area contributed by atoms with E-state index in [2.05, 4.69) is 5.32 Å². The van der Waals surface area contributed by atoms with Crippen LogP contribution < -0.4 is 11.1 Å². The molecule has 1 amide bonds. The molecule has 120 valence electrons. The largest absolute Gasteiger partial charge is 0.480 e. The zero-order chi connectivity index (χ0) is 16.7. The molecule has 5 heteroatoms. The van der Waals surface area contributed by atoms with Crippen LogP contribution in [0.2, 0.25) is 0 Å². The van der Waals surface area contributed by atoms with Crippen LogP contribution in [0.25, 0.3) is 0 Å². The molecule has 23 heavy (non-hydrogen) atoms. The number of amides is 1. The number of carboxylic acid groups (broad SMARTS) is 1. The van der Waals surface area contributed by atoms with Crippen molar-refractivity contribution in [2.45, 2.75) is 18.4 Å². The summed E-state index contributed by atoms with van der Waals surface area (Å²) >= 11 is 0. The normalized spacial score (nSPS) is 12.0. The second-order valence-electron chi connectivity index (χ2n) is 5.34. The maximum atomic E-state index is 11.7. The number of nitrogens with one attached hydrogen (secondary N) is 1. The highest BCUT2D eigenvalue weighted by atomic mass is 16.4. The van der Waals surface area contributed by atoms with E-state index in [1.54, 1.807) is 0 Å². The van der Waals surface area contributed by atoms with E-state index in [0.29, 0.717) is 6.42 Å². The quantitative estimate of drug-likeness (QED) is 0.692. The highest BCUT2D eigenvalue weighted by Gasteiger charge is 2.23. The molecule has 4 N–H and O–H groups in total. The zero-order valence-electron chi connectivity index (χ0n) is 12.7. The standard InChI is InChI=1S/C18H20N2O3/c19-18(23)16(20-12-17(21)22)11-15(13-7-3-1-4-8-13)14-9-5-2-6-10-14/h1-10,15-16,20H,11-12H2,(H2,19,23)(H,21,22). The predicted octanol–water partition coefficient (Wildman–Crippen LogP) is 1.74. The van der Waals surface area contributed by atoms with Gasteiger partial charge in [-0.1, -0.05) is 60.7 Å². The van der Waals surface area contributed by atoms with Crippen LogP contribution in [-0.2, 0) is 9.59 Å². The molecule has 1 atom stereocenters. The number of carbonyl (C=O) groups is 2. The van der Waals surface area contributed by atoms with Gasteiger partial charge < -0.3 is 10.8 Å². The summed E-state index contributed by atoms with van der Waals surface area (Å²) in [4.78, 5) is 22.4. The second-order valence-corrected chi connectivity index (χ2v) is 5.34. The van der Waals surface area contributed by atoms with Crippen molar-refractivity contribution in [1.29, 1.82) is 0 Å². The van der Waals surface area contributed by atoms with Crippen molar-refractivity contribution in [3.05, 3.63) is 71.8 Å². The minimum atomic E-state index is -1.02. The SMILES string of the molecule is NC(=O)C(CC(c1ccccc1)c1ccccc1)NCC(=O)O. The molecule has 0 radical (unpaired) electrons. The maximum Gasteiger partial charge on any atom is 0.317 e. The lowest BCUT2D eigenvalue weighted by atomic mass is 9.86. The number of nitrogens with two attached hydrogens (primary N) is 1. The molecule has 0 saturated heterocycles. The summed E-state index contributed by atoms with van der Waals surface area (Å²) < 4.78 is 0. The van der Waals surface area contributed by atoms with E-state index in [0.717, 1.165) is 11.1 Å². The summed E-state index contributed by atoms with van der Waals surface area (Å²) in [6.45, 7) is -0.302. The minimum absolute atomic E-state index is 0.0452. The molecule has 0 fully saturated rings. The fourth-order valence-electron chi connectivity index (χ4n) is 2.58. The molecule has 0 spiro atoms. The van der Waals surface area contributed by atoms with Crippen LogP contribution in [0.1, 0.15) is 23.5 Å². The lowest BCUT2D eigenvalue weighted by molar-refractivity contribution is -0.136. The van der Waals surface area contributed by atoms with Crippen LogP contribution in [-0.4, -0.2) is 29.6 Å². The Hall–Kier alpha value is -2.66.